The number of aliphatic hydroxyl groups is 1. The molecule has 21 heavy (non-hydrogen) atoms. The molecule has 2 rings (SSSR count). The molecule has 0 fully saturated rings. The lowest BCUT2D eigenvalue weighted by molar-refractivity contribution is -0.336. The van der Waals surface area contributed by atoms with Gasteiger partial charge in [0.2, 0.25) is 0 Å². The first kappa shape index (κ1) is 15.4. The van der Waals surface area contributed by atoms with Gasteiger partial charge in [-0.1, -0.05) is 12.1 Å². The summed E-state index contributed by atoms with van der Waals surface area (Å²) in [5.74, 6) is -6.62. The molecule has 1 unspecified atom stereocenters. The SMILES string of the molecule is OC(c1ccoc1)(c1cccc(F)c1)C(F)(F)C(F)(F)F. The zero-order valence-corrected chi connectivity index (χ0v) is 10.2. The molecule has 114 valence electrons. The molecule has 0 aliphatic carbocycles. The number of rotatable bonds is 3. The third kappa shape index (κ3) is 2.29. The molecule has 0 radical (unpaired) electrons. The molecule has 2 aromatic rings. The number of hydrogen-bond acceptors (Lipinski definition) is 2. The molecule has 1 heterocycles. The maximum atomic E-state index is 13.8. The summed E-state index contributed by atoms with van der Waals surface area (Å²) >= 11 is 0. The summed E-state index contributed by atoms with van der Waals surface area (Å²) < 4.78 is 83.3. The van der Waals surface area contributed by atoms with Gasteiger partial charge in [-0.2, -0.15) is 22.0 Å². The van der Waals surface area contributed by atoms with E-state index < -0.39 is 34.6 Å². The van der Waals surface area contributed by atoms with Crippen LogP contribution in [0.2, 0.25) is 0 Å². The highest BCUT2D eigenvalue weighted by molar-refractivity contribution is 5.38. The standard InChI is InChI=1S/C13H8F6O2/c14-10-3-1-2-8(6-10)11(20,9-4-5-21-7-9)12(15,16)13(17,18)19/h1-7,20H. The molecule has 0 saturated heterocycles. The van der Waals surface area contributed by atoms with Crippen molar-refractivity contribution >= 4 is 0 Å². The van der Waals surface area contributed by atoms with Gasteiger partial charge in [0.25, 0.3) is 0 Å². The van der Waals surface area contributed by atoms with Crippen molar-refractivity contribution in [2.75, 3.05) is 0 Å². The second-order valence-electron chi connectivity index (χ2n) is 4.30. The topological polar surface area (TPSA) is 33.4 Å². The highest BCUT2D eigenvalue weighted by atomic mass is 19.4. The van der Waals surface area contributed by atoms with Crippen LogP contribution in [0.4, 0.5) is 26.3 Å². The van der Waals surface area contributed by atoms with E-state index in [0.29, 0.717) is 12.3 Å². The average Bonchev–Trinajstić information content (AvgIpc) is 2.90. The van der Waals surface area contributed by atoms with Crippen LogP contribution in [-0.2, 0) is 5.60 Å². The minimum Gasteiger partial charge on any atom is -0.472 e. The summed E-state index contributed by atoms with van der Waals surface area (Å²) in [5, 5.41) is 10.1. The lowest BCUT2D eigenvalue weighted by atomic mass is 9.81. The van der Waals surface area contributed by atoms with Crippen LogP contribution in [0, 0.1) is 5.82 Å². The Morgan fingerprint density at radius 2 is 1.62 bits per heavy atom. The minimum absolute atomic E-state index is 0.409. The Bertz CT molecular complexity index is 620. The number of alkyl halides is 5. The van der Waals surface area contributed by atoms with Gasteiger partial charge in [0.15, 0.2) is 5.60 Å². The Balaban J connectivity index is 2.73. The fraction of sp³-hybridized carbons (Fsp3) is 0.231. The Labute approximate surface area is 114 Å². The summed E-state index contributed by atoms with van der Waals surface area (Å²) in [6, 6.07) is 3.71. The quantitative estimate of drug-likeness (QED) is 0.874. The van der Waals surface area contributed by atoms with Crippen molar-refractivity contribution in [3.8, 4) is 0 Å². The van der Waals surface area contributed by atoms with Gasteiger partial charge in [-0.05, 0) is 23.8 Å². The van der Waals surface area contributed by atoms with Gasteiger partial charge in [0.05, 0.1) is 12.5 Å². The molecule has 0 saturated carbocycles. The van der Waals surface area contributed by atoms with E-state index >= 15 is 0 Å². The first-order valence-corrected chi connectivity index (χ1v) is 5.56. The van der Waals surface area contributed by atoms with E-state index in [9.17, 15) is 31.4 Å². The summed E-state index contributed by atoms with van der Waals surface area (Å²) in [4.78, 5) is 0. The van der Waals surface area contributed by atoms with E-state index in [0.717, 1.165) is 30.5 Å². The molecule has 1 aromatic heterocycles. The molecule has 0 amide bonds. The van der Waals surface area contributed by atoms with Gasteiger partial charge in [0, 0.05) is 5.56 Å². The van der Waals surface area contributed by atoms with Crippen LogP contribution in [0.25, 0.3) is 0 Å². The molecule has 0 bridgehead atoms. The Kier molecular flexibility index (Phi) is 3.53. The lowest BCUT2D eigenvalue weighted by Crippen LogP contribution is -2.55. The monoisotopic (exact) mass is 310 g/mol. The van der Waals surface area contributed by atoms with Crippen LogP contribution in [0.3, 0.4) is 0 Å². The van der Waals surface area contributed by atoms with Crippen molar-refractivity contribution in [1.82, 2.24) is 0 Å². The fourth-order valence-electron chi connectivity index (χ4n) is 1.92. The fourth-order valence-corrected chi connectivity index (χ4v) is 1.92. The highest BCUT2D eigenvalue weighted by Gasteiger charge is 2.71. The Morgan fingerprint density at radius 3 is 2.10 bits per heavy atom. The van der Waals surface area contributed by atoms with Crippen LogP contribution >= 0.6 is 0 Å². The Hall–Kier alpha value is -1.96. The lowest BCUT2D eigenvalue weighted by Gasteiger charge is -2.36. The first-order chi connectivity index (χ1) is 9.60. The summed E-state index contributed by atoms with van der Waals surface area (Å²) in [6.07, 6.45) is -4.68. The van der Waals surface area contributed by atoms with Crippen molar-refractivity contribution in [3.05, 3.63) is 59.8 Å². The second kappa shape index (κ2) is 4.80. The predicted octanol–water partition coefficient (Wildman–Crippen LogP) is 3.85. The van der Waals surface area contributed by atoms with Crippen molar-refractivity contribution in [2.24, 2.45) is 0 Å². The highest BCUT2D eigenvalue weighted by Crippen LogP contribution is 2.51. The van der Waals surface area contributed by atoms with E-state index in [4.69, 9.17) is 0 Å². The smallest absolute Gasteiger partial charge is 0.457 e. The van der Waals surface area contributed by atoms with Crippen LogP contribution in [0.1, 0.15) is 11.1 Å². The maximum Gasteiger partial charge on any atom is 0.457 e. The van der Waals surface area contributed by atoms with Crippen molar-refractivity contribution < 1.29 is 35.9 Å². The molecule has 0 aliphatic rings. The van der Waals surface area contributed by atoms with Gasteiger partial charge < -0.3 is 9.52 Å². The molecule has 1 N–H and O–H groups in total. The first-order valence-electron chi connectivity index (χ1n) is 5.56. The number of halogens is 6. The van der Waals surface area contributed by atoms with E-state index in [1.165, 1.54) is 0 Å². The van der Waals surface area contributed by atoms with Gasteiger partial charge >= 0.3 is 12.1 Å². The molecule has 0 aliphatic heterocycles. The van der Waals surface area contributed by atoms with Crippen LogP contribution in [0.15, 0.2) is 47.3 Å². The van der Waals surface area contributed by atoms with Crippen molar-refractivity contribution in [3.63, 3.8) is 0 Å². The van der Waals surface area contributed by atoms with Gasteiger partial charge in [-0.15, -0.1) is 0 Å². The van der Waals surface area contributed by atoms with E-state index in [1.54, 1.807) is 0 Å². The van der Waals surface area contributed by atoms with Crippen molar-refractivity contribution in [2.45, 2.75) is 17.7 Å². The second-order valence-corrected chi connectivity index (χ2v) is 4.30. The van der Waals surface area contributed by atoms with Crippen molar-refractivity contribution in [1.29, 1.82) is 0 Å². The molecule has 8 heteroatoms. The number of benzene rings is 1. The zero-order valence-electron chi connectivity index (χ0n) is 10.2. The minimum atomic E-state index is -6.05. The molecule has 1 aromatic carbocycles. The zero-order chi connectivity index (χ0) is 15.9. The number of furan rings is 1. The Morgan fingerprint density at radius 1 is 0.952 bits per heavy atom. The summed E-state index contributed by atoms with van der Waals surface area (Å²) in [7, 11) is 0. The normalized spacial score (nSPS) is 15.8. The van der Waals surface area contributed by atoms with E-state index in [-0.39, 0.29) is 0 Å². The van der Waals surface area contributed by atoms with E-state index in [1.807, 2.05) is 0 Å². The third-order valence-corrected chi connectivity index (χ3v) is 2.99. The van der Waals surface area contributed by atoms with Gasteiger partial charge in [-0.3, -0.25) is 0 Å². The molecule has 0 spiro atoms. The third-order valence-electron chi connectivity index (χ3n) is 2.99. The molecule has 1 atom stereocenters. The maximum absolute atomic E-state index is 13.8. The van der Waals surface area contributed by atoms with Gasteiger partial charge in [-0.25, -0.2) is 4.39 Å². The van der Waals surface area contributed by atoms with Gasteiger partial charge in [0.1, 0.15) is 5.82 Å². The van der Waals surface area contributed by atoms with Crippen LogP contribution < -0.4 is 0 Å². The summed E-state index contributed by atoms with van der Waals surface area (Å²) in [5.41, 5.74) is -5.58. The molecule has 2 nitrogen and oxygen atoms in total. The van der Waals surface area contributed by atoms with Crippen LogP contribution in [0.5, 0.6) is 0 Å². The van der Waals surface area contributed by atoms with Crippen LogP contribution in [-0.4, -0.2) is 17.2 Å². The largest absolute Gasteiger partial charge is 0.472 e. The molecular weight excluding hydrogens is 302 g/mol. The number of hydrogen-bond donors (Lipinski definition) is 1. The molecular formula is C13H8F6O2. The average molecular weight is 310 g/mol. The predicted molar refractivity (Wildman–Crippen MR) is 59.1 cm³/mol. The van der Waals surface area contributed by atoms with E-state index in [2.05, 4.69) is 4.42 Å². The summed E-state index contributed by atoms with van der Waals surface area (Å²) in [6.45, 7) is 0.